The smallest absolute Gasteiger partial charge is 0.180 e. The third kappa shape index (κ3) is 3.53. The van der Waals surface area contributed by atoms with Crippen molar-refractivity contribution in [2.45, 2.75) is 19.8 Å². The van der Waals surface area contributed by atoms with Crippen LogP contribution in [-0.2, 0) is 0 Å². The molecule has 0 bridgehead atoms. The molecule has 2 rings (SSSR count). The number of ether oxygens (including phenoxy) is 1. The van der Waals surface area contributed by atoms with Gasteiger partial charge in [0.2, 0.25) is 0 Å². The number of carbonyl (C=O) groups is 1. The molecule has 1 fully saturated rings. The number of hydrogen-bond acceptors (Lipinski definition) is 3. The zero-order chi connectivity index (χ0) is 13.8. The first-order valence-electron chi connectivity index (χ1n) is 6.69. The van der Waals surface area contributed by atoms with Crippen molar-refractivity contribution in [2.75, 3.05) is 26.7 Å². The Bertz CT molecular complexity index is 453. The van der Waals surface area contributed by atoms with Gasteiger partial charge in [0.25, 0.3) is 0 Å². The molecule has 104 valence electrons. The first-order valence-corrected chi connectivity index (χ1v) is 6.69. The average Bonchev–Trinajstić information content (AvgIpc) is 2.41. The van der Waals surface area contributed by atoms with E-state index < -0.39 is 5.82 Å². The van der Waals surface area contributed by atoms with E-state index in [0.29, 0.717) is 17.9 Å². The number of piperidine rings is 1. The number of Topliss-reactive ketones (excluding diaryl/α,β-unsaturated/α-hetero) is 1. The Morgan fingerprint density at radius 2 is 2.11 bits per heavy atom. The van der Waals surface area contributed by atoms with Gasteiger partial charge < -0.3 is 4.74 Å². The molecule has 0 unspecified atom stereocenters. The molecule has 1 saturated heterocycles. The number of benzene rings is 1. The second-order valence-electron chi connectivity index (χ2n) is 5.23. The summed E-state index contributed by atoms with van der Waals surface area (Å²) in [6.07, 6.45) is 2.24. The van der Waals surface area contributed by atoms with Crippen molar-refractivity contribution in [3.63, 3.8) is 0 Å². The van der Waals surface area contributed by atoms with Crippen LogP contribution in [0.5, 0.6) is 5.75 Å². The van der Waals surface area contributed by atoms with Crippen LogP contribution in [0.1, 0.15) is 30.1 Å². The van der Waals surface area contributed by atoms with E-state index >= 15 is 0 Å². The molecule has 0 spiro atoms. The summed E-state index contributed by atoms with van der Waals surface area (Å²) in [5.74, 6) is 0.689. The Hall–Kier alpha value is -1.42. The van der Waals surface area contributed by atoms with Crippen LogP contribution in [0.4, 0.5) is 4.39 Å². The largest absolute Gasteiger partial charge is 0.496 e. The number of likely N-dealkylation sites (tertiary alicyclic amines) is 1. The molecule has 1 aromatic rings. The Labute approximate surface area is 113 Å². The maximum absolute atomic E-state index is 13.3. The van der Waals surface area contributed by atoms with E-state index in [1.165, 1.54) is 25.3 Å². The summed E-state index contributed by atoms with van der Waals surface area (Å²) in [7, 11) is 1.49. The van der Waals surface area contributed by atoms with E-state index in [9.17, 15) is 9.18 Å². The van der Waals surface area contributed by atoms with Gasteiger partial charge in [-0.2, -0.15) is 0 Å². The van der Waals surface area contributed by atoms with Crippen molar-refractivity contribution >= 4 is 5.78 Å². The van der Waals surface area contributed by atoms with Gasteiger partial charge in [0.15, 0.2) is 5.78 Å². The highest BCUT2D eigenvalue weighted by Crippen LogP contribution is 2.21. The molecule has 0 N–H and O–H groups in total. The Morgan fingerprint density at radius 3 is 2.74 bits per heavy atom. The summed E-state index contributed by atoms with van der Waals surface area (Å²) in [5.41, 5.74) is 0.334. The van der Waals surface area contributed by atoms with Crippen LogP contribution < -0.4 is 4.74 Å². The Balaban J connectivity index is 2.05. The van der Waals surface area contributed by atoms with Gasteiger partial charge in [0.05, 0.1) is 19.2 Å². The molecule has 1 aliphatic rings. The zero-order valence-electron chi connectivity index (χ0n) is 11.5. The molecule has 1 aliphatic heterocycles. The molecular formula is C15H20FNO2. The van der Waals surface area contributed by atoms with Gasteiger partial charge >= 0.3 is 0 Å². The third-order valence-electron chi connectivity index (χ3n) is 3.71. The average molecular weight is 265 g/mol. The number of carbonyl (C=O) groups excluding carboxylic acids is 1. The van der Waals surface area contributed by atoms with E-state index in [2.05, 4.69) is 11.8 Å². The molecule has 3 nitrogen and oxygen atoms in total. The predicted octanol–water partition coefficient (Wildman–Crippen LogP) is 2.75. The lowest BCUT2D eigenvalue weighted by Crippen LogP contribution is -2.36. The molecule has 0 saturated carbocycles. The normalized spacial score (nSPS) is 17.4. The summed E-state index contributed by atoms with van der Waals surface area (Å²) in [6, 6.07) is 4.06. The minimum absolute atomic E-state index is 0.0779. The first-order chi connectivity index (χ1) is 9.10. The molecule has 19 heavy (non-hydrogen) atoms. The van der Waals surface area contributed by atoms with Gasteiger partial charge in [0, 0.05) is 0 Å². The van der Waals surface area contributed by atoms with Gasteiger partial charge in [-0.15, -0.1) is 0 Å². The second-order valence-corrected chi connectivity index (χ2v) is 5.23. The van der Waals surface area contributed by atoms with Crippen molar-refractivity contribution in [1.82, 2.24) is 4.90 Å². The van der Waals surface area contributed by atoms with Crippen LogP contribution in [0.15, 0.2) is 18.2 Å². The van der Waals surface area contributed by atoms with Gasteiger partial charge in [-0.05, 0) is 50.0 Å². The maximum Gasteiger partial charge on any atom is 0.180 e. The van der Waals surface area contributed by atoms with Crippen LogP contribution in [0.25, 0.3) is 0 Å². The fraction of sp³-hybridized carbons (Fsp3) is 0.533. The number of nitrogens with zero attached hydrogens (tertiary/aromatic N) is 1. The van der Waals surface area contributed by atoms with Crippen LogP contribution >= 0.6 is 0 Å². The standard InChI is InChI=1S/C15H20FNO2/c1-11-5-7-17(8-6-11)10-14(18)13-9-12(16)3-4-15(13)19-2/h3-4,9,11H,5-8,10H2,1-2H3. The molecule has 0 aromatic heterocycles. The summed E-state index contributed by atoms with van der Waals surface area (Å²) in [6.45, 7) is 4.44. The van der Waals surface area contributed by atoms with Crippen molar-refractivity contribution in [3.8, 4) is 5.75 Å². The summed E-state index contributed by atoms with van der Waals surface area (Å²) >= 11 is 0. The summed E-state index contributed by atoms with van der Waals surface area (Å²) in [5, 5.41) is 0. The molecule has 0 radical (unpaired) electrons. The van der Waals surface area contributed by atoms with E-state index in [-0.39, 0.29) is 5.78 Å². The third-order valence-corrected chi connectivity index (χ3v) is 3.71. The highest BCUT2D eigenvalue weighted by Gasteiger charge is 2.20. The molecule has 4 heteroatoms. The molecular weight excluding hydrogens is 245 g/mol. The van der Waals surface area contributed by atoms with Crippen LogP contribution in [0.2, 0.25) is 0 Å². The van der Waals surface area contributed by atoms with Crippen molar-refractivity contribution in [1.29, 1.82) is 0 Å². The highest BCUT2D eigenvalue weighted by molar-refractivity contribution is 6.00. The van der Waals surface area contributed by atoms with Gasteiger partial charge in [-0.3, -0.25) is 9.69 Å². The van der Waals surface area contributed by atoms with Crippen LogP contribution in [0, 0.1) is 11.7 Å². The van der Waals surface area contributed by atoms with E-state index in [4.69, 9.17) is 4.74 Å². The minimum atomic E-state index is -0.406. The molecule has 1 aromatic carbocycles. The van der Waals surface area contributed by atoms with Crippen molar-refractivity contribution in [2.24, 2.45) is 5.92 Å². The van der Waals surface area contributed by atoms with E-state index in [0.717, 1.165) is 31.8 Å². The SMILES string of the molecule is COc1ccc(F)cc1C(=O)CN1CCC(C)CC1. The van der Waals surface area contributed by atoms with Gasteiger partial charge in [-0.1, -0.05) is 6.92 Å². The van der Waals surface area contributed by atoms with Gasteiger partial charge in [-0.25, -0.2) is 4.39 Å². The van der Waals surface area contributed by atoms with E-state index in [1.54, 1.807) is 0 Å². The number of halogens is 1. The lowest BCUT2D eigenvalue weighted by atomic mass is 9.98. The number of methoxy groups -OCH3 is 1. The lowest BCUT2D eigenvalue weighted by Gasteiger charge is -2.29. The number of hydrogen-bond donors (Lipinski definition) is 0. The van der Waals surface area contributed by atoms with Crippen molar-refractivity contribution in [3.05, 3.63) is 29.6 Å². The molecule has 0 atom stereocenters. The first kappa shape index (κ1) is 14.0. The maximum atomic E-state index is 13.3. The monoisotopic (exact) mass is 265 g/mol. The van der Waals surface area contributed by atoms with Crippen molar-refractivity contribution < 1.29 is 13.9 Å². The van der Waals surface area contributed by atoms with Gasteiger partial charge in [0.1, 0.15) is 11.6 Å². The fourth-order valence-electron chi connectivity index (χ4n) is 2.41. The molecule has 0 amide bonds. The van der Waals surface area contributed by atoms with E-state index in [1.807, 2.05) is 0 Å². The topological polar surface area (TPSA) is 29.5 Å². The Kier molecular flexibility index (Phi) is 4.53. The predicted molar refractivity (Wildman–Crippen MR) is 72.1 cm³/mol. The highest BCUT2D eigenvalue weighted by atomic mass is 19.1. The summed E-state index contributed by atoms with van der Waals surface area (Å²) in [4.78, 5) is 14.4. The van der Waals surface area contributed by atoms with Crippen LogP contribution in [0.3, 0.4) is 0 Å². The lowest BCUT2D eigenvalue weighted by molar-refractivity contribution is 0.0896. The second kappa shape index (κ2) is 6.15. The number of ketones is 1. The summed E-state index contributed by atoms with van der Waals surface area (Å²) < 4.78 is 18.4. The quantitative estimate of drug-likeness (QED) is 0.784. The zero-order valence-corrected chi connectivity index (χ0v) is 11.5. The molecule has 0 aliphatic carbocycles. The Morgan fingerprint density at radius 1 is 1.42 bits per heavy atom. The number of rotatable bonds is 4. The van der Waals surface area contributed by atoms with Crippen LogP contribution in [-0.4, -0.2) is 37.4 Å². The minimum Gasteiger partial charge on any atom is -0.496 e. The fourth-order valence-corrected chi connectivity index (χ4v) is 2.41. The molecule has 1 heterocycles.